The number of hydrogen-bond donors (Lipinski definition) is 0. The van der Waals surface area contributed by atoms with Crippen LogP contribution in [0.25, 0.3) is 0 Å². The van der Waals surface area contributed by atoms with Crippen LogP contribution < -0.4 is 0 Å². The summed E-state index contributed by atoms with van der Waals surface area (Å²) in [5.41, 5.74) is 0.528. The largest absolute Gasteiger partial charge is 0.233 e. The quantitative estimate of drug-likeness (QED) is 0.624. The van der Waals surface area contributed by atoms with Crippen molar-refractivity contribution >= 4 is 47.4 Å². The van der Waals surface area contributed by atoms with Gasteiger partial charge in [0.15, 0.2) is 0 Å². The first kappa shape index (κ1) is 13.8. The monoisotopic (exact) mass is 339 g/mol. The van der Waals surface area contributed by atoms with Gasteiger partial charge in [-0.2, -0.15) is 5.26 Å². The zero-order chi connectivity index (χ0) is 12.2. The topological polar surface area (TPSA) is 57.9 Å². The third-order valence-corrected chi connectivity index (χ3v) is 4.61. The van der Waals surface area contributed by atoms with Crippen molar-refractivity contribution in [3.05, 3.63) is 28.2 Å². The van der Waals surface area contributed by atoms with Gasteiger partial charge in [0, 0.05) is 25.8 Å². The summed E-state index contributed by atoms with van der Waals surface area (Å²) in [5, 5.41) is 8.85. The number of nitrogens with zero attached hydrogens (tertiary/aromatic N) is 1. The van der Waals surface area contributed by atoms with E-state index < -0.39 is 9.05 Å². The summed E-state index contributed by atoms with van der Waals surface area (Å²) in [4.78, 5) is 0.747. The molecule has 0 heterocycles. The Hall–Kier alpha value is -0.220. The molecule has 1 rings (SSSR count). The molecular weight excluding hydrogens is 334 g/mol. The van der Waals surface area contributed by atoms with Crippen LogP contribution in [-0.4, -0.2) is 19.9 Å². The predicted molar refractivity (Wildman–Crippen MR) is 69.2 cm³/mol. The van der Waals surface area contributed by atoms with Gasteiger partial charge >= 0.3 is 0 Å². The molecule has 0 fully saturated rings. The first-order valence-electron chi connectivity index (χ1n) is 4.17. The van der Waals surface area contributed by atoms with Crippen molar-refractivity contribution in [1.29, 1.82) is 5.26 Å². The Bertz CT molecular complexity index is 525. The van der Waals surface area contributed by atoms with Crippen LogP contribution in [-0.2, 0) is 9.05 Å². The van der Waals surface area contributed by atoms with Crippen LogP contribution in [0.4, 0.5) is 0 Å². The molecule has 16 heavy (non-hydrogen) atoms. The Morgan fingerprint density at radius 3 is 2.75 bits per heavy atom. The standard InChI is InChI=1S/C9H7BrClNO2S2/c10-8-2-1-7(6-12)9(5-8)15-3-4-16(11,13)14/h1-2,5H,3-4H2. The Balaban J connectivity index is 2.74. The fourth-order valence-corrected chi connectivity index (χ4v) is 3.87. The summed E-state index contributed by atoms with van der Waals surface area (Å²) >= 11 is 4.59. The van der Waals surface area contributed by atoms with E-state index >= 15 is 0 Å². The van der Waals surface area contributed by atoms with Crippen LogP contribution in [0.15, 0.2) is 27.6 Å². The van der Waals surface area contributed by atoms with Gasteiger partial charge in [0.05, 0.1) is 11.3 Å². The Morgan fingerprint density at radius 1 is 1.50 bits per heavy atom. The highest BCUT2D eigenvalue weighted by Gasteiger charge is 2.08. The first-order valence-corrected chi connectivity index (χ1v) is 8.43. The minimum absolute atomic E-state index is 0.114. The molecule has 1 aromatic rings. The van der Waals surface area contributed by atoms with Crippen molar-refractivity contribution < 1.29 is 8.42 Å². The van der Waals surface area contributed by atoms with Crippen molar-refractivity contribution in [1.82, 2.24) is 0 Å². The lowest BCUT2D eigenvalue weighted by atomic mass is 10.2. The van der Waals surface area contributed by atoms with E-state index in [4.69, 9.17) is 15.9 Å². The number of thioether (sulfide) groups is 1. The Morgan fingerprint density at radius 2 is 2.19 bits per heavy atom. The average Bonchev–Trinajstić information content (AvgIpc) is 2.16. The Kier molecular flexibility index (Phi) is 5.12. The minimum atomic E-state index is -3.47. The highest BCUT2D eigenvalue weighted by molar-refractivity contribution is 9.10. The maximum Gasteiger partial charge on any atom is 0.233 e. The van der Waals surface area contributed by atoms with Crippen molar-refractivity contribution in [2.75, 3.05) is 11.5 Å². The lowest BCUT2D eigenvalue weighted by Gasteiger charge is -2.03. The molecule has 0 saturated heterocycles. The van der Waals surface area contributed by atoms with Gasteiger partial charge in [-0.1, -0.05) is 15.9 Å². The van der Waals surface area contributed by atoms with E-state index in [2.05, 4.69) is 15.9 Å². The number of halogens is 2. The van der Waals surface area contributed by atoms with Crippen molar-refractivity contribution in [2.45, 2.75) is 4.90 Å². The van der Waals surface area contributed by atoms with Crippen LogP contribution in [0.3, 0.4) is 0 Å². The second-order valence-electron chi connectivity index (χ2n) is 2.84. The molecule has 7 heteroatoms. The predicted octanol–water partition coefficient (Wildman–Crippen LogP) is 2.98. The summed E-state index contributed by atoms with van der Waals surface area (Å²) < 4.78 is 22.3. The third-order valence-electron chi connectivity index (χ3n) is 1.65. The number of benzene rings is 1. The van der Waals surface area contributed by atoms with Crippen molar-refractivity contribution in [2.24, 2.45) is 0 Å². The molecule has 86 valence electrons. The lowest BCUT2D eigenvalue weighted by Crippen LogP contribution is -1.99. The molecule has 0 N–H and O–H groups in total. The van der Waals surface area contributed by atoms with Gasteiger partial charge in [0.1, 0.15) is 6.07 Å². The lowest BCUT2D eigenvalue weighted by molar-refractivity contribution is 0.611. The molecule has 0 bridgehead atoms. The molecule has 0 atom stereocenters. The normalized spacial score (nSPS) is 11.1. The van der Waals surface area contributed by atoms with Crippen LogP contribution in [0.2, 0.25) is 0 Å². The molecular formula is C9H7BrClNO2S2. The molecule has 0 unspecified atom stereocenters. The van der Waals surface area contributed by atoms with E-state index in [0.29, 0.717) is 11.3 Å². The molecule has 0 saturated carbocycles. The summed E-state index contributed by atoms with van der Waals surface area (Å²) in [6, 6.07) is 7.28. The number of rotatable bonds is 4. The maximum atomic E-state index is 10.7. The zero-order valence-corrected chi connectivity index (χ0v) is 12.0. The van der Waals surface area contributed by atoms with E-state index in [1.54, 1.807) is 18.2 Å². The Labute approximate surface area is 111 Å². The average molecular weight is 341 g/mol. The third kappa shape index (κ3) is 4.74. The van der Waals surface area contributed by atoms with Gasteiger partial charge in [0.2, 0.25) is 9.05 Å². The van der Waals surface area contributed by atoms with Crippen LogP contribution in [0.1, 0.15) is 5.56 Å². The van der Waals surface area contributed by atoms with Crippen LogP contribution in [0, 0.1) is 11.3 Å². The SMILES string of the molecule is N#Cc1ccc(Br)cc1SCCS(=O)(=O)Cl. The molecule has 0 aliphatic rings. The van der Waals surface area contributed by atoms with Crippen LogP contribution in [0.5, 0.6) is 0 Å². The number of nitriles is 1. The first-order chi connectivity index (χ1) is 7.42. The summed E-state index contributed by atoms with van der Waals surface area (Å²) in [7, 11) is 1.62. The van der Waals surface area contributed by atoms with Gasteiger partial charge in [-0.05, 0) is 18.2 Å². The molecule has 0 radical (unpaired) electrons. The van der Waals surface area contributed by atoms with Gasteiger partial charge in [-0.3, -0.25) is 0 Å². The number of hydrogen-bond acceptors (Lipinski definition) is 4. The summed E-state index contributed by atoms with van der Waals surface area (Å²) in [6.07, 6.45) is 0. The zero-order valence-electron chi connectivity index (χ0n) is 7.98. The van der Waals surface area contributed by atoms with E-state index in [1.165, 1.54) is 11.8 Å². The smallest absolute Gasteiger partial charge is 0.212 e. The van der Waals surface area contributed by atoms with Crippen molar-refractivity contribution in [3.63, 3.8) is 0 Å². The molecule has 0 aliphatic heterocycles. The van der Waals surface area contributed by atoms with E-state index in [0.717, 1.165) is 9.37 Å². The van der Waals surface area contributed by atoms with E-state index in [1.807, 2.05) is 6.07 Å². The molecule has 3 nitrogen and oxygen atoms in total. The van der Waals surface area contributed by atoms with E-state index in [-0.39, 0.29) is 5.75 Å². The van der Waals surface area contributed by atoms with Crippen molar-refractivity contribution in [3.8, 4) is 6.07 Å². The van der Waals surface area contributed by atoms with Crippen LogP contribution >= 0.6 is 38.4 Å². The summed E-state index contributed by atoms with van der Waals surface area (Å²) in [6.45, 7) is 0. The molecule has 1 aromatic carbocycles. The highest BCUT2D eigenvalue weighted by Crippen LogP contribution is 2.26. The molecule has 0 spiro atoms. The molecule has 0 aliphatic carbocycles. The fraction of sp³-hybridized carbons (Fsp3) is 0.222. The fourth-order valence-electron chi connectivity index (χ4n) is 0.959. The highest BCUT2D eigenvalue weighted by atomic mass is 79.9. The molecule has 0 amide bonds. The maximum absolute atomic E-state index is 10.7. The van der Waals surface area contributed by atoms with Gasteiger partial charge < -0.3 is 0 Å². The minimum Gasteiger partial charge on any atom is -0.212 e. The second-order valence-corrected chi connectivity index (χ2v) is 7.79. The van der Waals surface area contributed by atoms with Gasteiger partial charge in [0.25, 0.3) is 0 Å². The summed E-state index contributed by atoms with van der Waals surface area (Å²) in [5.74, 6) is 0.216. The second kappa shape index (κ2) is 5.92. The molecule has 0 aromatic heterocycles. The van der Waals surface area contributed by atoms with E-state index in [9.17, 15) is 8.42 Å². The van der Waals surface area contributed by atoms with Gasteiger partial charge in [-0.25, -0.2) is 8.42 Å². The van der Waals surface area contributed by atoms with Gasteiger partial charge in [-0.15, -0.1) is 11.8 Å².